The van der Waals surface area contributed by atoms with Crippen LogP contribution in [0, 0.1) is 11.6 Å². The molecule has 36 heavy (non-hydrogen) atoms. The van der Waals surface area contributed by atoms with Crippen molar-refractivity contribution in [3.8, 4) is 5.00 Å². The van der Waals surface area contributed by atoms with Gasteiger partial charge in [-0.25, -0.2) is 13.6 Å². The molecule has 1 unspecified atom stereocenters. The summed E-state index contributed by atoms with van der Waals surface area (Å²) in [4.78, 5) is 19.1. The summed E-state index contributed by atoms with van der Waals surface area (Å²) in [5, 5.41) is 4.35. The molecular formula is C27H23ClF2N4OS. The molecule has 2 amide bonds. The maximum Gasteiger partial charge on any atom is 0.323 e. The SMILES string of the molecule is CN1CCc2c(sc3c2CN(C(=O)Nc2ccc(F)cc2F)C(c2cccc(Cl)c2)c2cccn2-3)C1. The van der Waals surface area contributed by atoms with Crippen molar-refractivity contribution in [2.24, 2.45) is 0 Å². The number of nitrogens with one attached hydrogen (secondary N) is 1. The minimum absolute atomic E-state index is 0.0694. The minimum atomic E-state index is -0.822. The van der Waals surface area contributed by atoms with Crippen molar-refractivity contribution in [3.05, 3.63) is 105 Å². The number of urea groups is 1. The summed E-state index contributed by atoms with van der Waals surface area (Å²) in [6.45, 7) is 2.16. The number of anilines is 1. The first-order valence-electron chi connectivity index (χ1n) is 11.7. The van der Waals surface area contributed by atoms with Crippen LogP contribution in [0.5, 0.6) is 0 Å². The second-order valence-electron chi connectivity index (χ2n) is 9.22. The minimum Gasteiger partial charge on any atom is -0.310 e. The van der Waals surface area contributed by atoms with E-state index in [0.29, 0.717) is 11.6 Å². The highest BCUT2D eigenvalue weighted by molar-refractivity contribution is 7.15. The van der Waals surface area contributed by atoms with Crippen LogP contribution >= 0.6 is 22.9 Å². The quantitative estimate of drug-likeness (QED) is 0.321. The van der Waals surface area contributed by atoms with Crippen LogP contribution in [0.15, 0.2) is 60.8 Å². The van der Waals surface area contributed by atoms with Crippen molar-refractivity contribution in [1.82, 2.24) is 14.4 Å². The molecule has 0 saturated heterocycles. The number of aromatic nitrogens is 1. The van der Waals surface area contributed by atoms with E-state index in [4.69, 9.17) is 11.6 Å². The van der Waals surface area contributed by atoms with E-state index >= 15 is 0 Å². The average Bonchev–Trinajstić information content (AvgIpc) is 3.42. The molecule has 4 heterocycles. The van der Waals surface area contributed by atoms with Gasteiger partial charge in [0.25, 0.3) is 0 Å². The number of fused-ring (bicyclic) bond motifs is 5. The van der Waals surface area contributed by atoms with Crippen molar-refractivity contribution in [1.29, 1.82) is 0 Å². The third kappa shape index (κ3) is 3.99. The maximum atomic E-state index is 14.5. The lowest BCUT2D eigenvalue weighted by Gasteiger charge is -2.32. The highest BCUT2D eigenvalue weighted by atomic mass is 35.5. The molecular weight excluding hydrogens is 502 g/mol. The molecule has 2 aliphatic heterocycles. The monoisotopic (exact) mass is 524 g/mol. The summed E-state index contributed by atoms with van der Waals surface area (Å²) < 4.78 is 30.1. The predicted octanol–water partition coefficient (Wildman–Crippen LogP) is 6.60. The van der Waals surface area contributed by atoms with Gasteiger partial charge in [-0.15, -0.1) is 11.3 Å². The first-order chi connectivity index (χ1) is 17.4. The average molecular weight is 525 g/mol. The van der Waals surface area contributed by atoms with E-state index in [1.54, 1.807) is 22.3 Å². The highest BCUT2D eigenvalue weighted by Crippen LogP contribution is 2.43. The first kappa shape index (κ1) is 23.2. The number of carbonyl (C=O) groups is 1. The van der Waals surface area contributed by atoms with Gasteiger partial charge in [0.15, 0.2) is 0 Å². The van der Waals surface area contributed by atoms with Crippen LogP contribution in [0.1, 0.15) is 33.3 Å². The van der Waals surface area contributed by atoms with Crippen molar-refractivity contribution in [2.75, 3.05) is 18.9 Å². The van der Waals surface area contributed by atoms with Crippen LogP contribution in [0.25, 0.3) is 5.00 Å². The number of thiophene rings is 1. The van der Waals surface area contributed by atoms with Crippen LogP contribution in [0.3, 0.4) is 0 Å². The van der Waals surface area contributed by atoms with E-state index in [0.717, 1.165) is 53.5 Å². The number of likely N-dealkylation sites (N-methyl/N-ethyl adjacent to an activating group) is 1. The van der Waals surface area contributed by atoms with Gasteiger partial charge in [-0.2, -0.15) is 0 Å². The first-order valence-corrected chi connectivity index (χ1v) is 12.9. The summed E-state index contributed by atoms with van der Waals surface area (Å²) >= 11 is 8.12. The molecule has 184 valence electrons. The Labute approximate surface area is 216 Å². The zero-order valence-electron chi connectivity index (χ0n) is 19.5. The van der Waals surface area contributed by atoms with Crippen LogP contribution in [-0.2, 0) is 19.5 Å². The van der Waals surface area contributed by atoms with Crippen molar-refractivity contribution >= 4 is 34.7 Å². The number of rotatable bonds is 2. The normalized spacial score (nSPS) is 17.2. The zero-order valence-corrected chi connectivity index (χ0v) is 21.0. The number of hydrogen-bond acceptors (Lipinski definition) is 3. The Kier molecular flexibility index (Phi) is 5.82. The number of halogens is 3. The molecule has 1 atom stereocenters. The standard InChI is InChI=1S/C27H23ClF2N4OS/c1-32-11-9-19-20-14-34(27(35)31-22-8-7-18(29)13-21(22)30)25(16-4-2-5-17(28)12-16)23-6-3-10-33(23)26(20)36-24(19)15-32/h2-8,10,12-13,25H,9,11,14-15H2,1H3,(H,31,35). The fourth-order valence-electron chi connectivity index (χ4n) is 5.16. The molecule has 9 heteroatoms. The largest absolute Gasteiger partial charge is 0.323 e. The van der Waals surface area contributed by atoms with E-state index in [1.165, 1.54) is 16.5 Å². The second kappa shape index (κ2) is 9.03. The highest BCUT2D eigenvalue weighted by Gasteiger charge is 2.36. The van der Waals surface area contributed by atoms with E-state index in [9.17, 15) is 13.6 Å². The maximum absolute atomic E-state index is 14.5. The Morgan fingerprint density at radius 2 is 1.94 bits per heavy atom. The summed E-state index contributed by atoms with van der Waals surface area (Å²) in [7, 11) is 2.11. The second-order valence-corrected chi connectivity index (χ2v) is 10.7. The van der Waals surface area contributed by atoms with Crippen LogP contribution < -0.4 is 5.32 Å². The number of benzene rings is 2. The molecule has 0 bridgehead atoms. The molecule has 0 saturated carbocycles. The number of amides is 2. The molecule has 5 nitrogen and oxygen atoms in total. The Hall–Kier alpha value is -3.20. The molecule has 0 aliphatic carbocycles. The van der Waals surface area contributed by atoms with E-state index < -0.39 is 23.7 Å². The molecule has 0 radical (unpaired) electrons. The third-order valence-corrected chi connectivity index (χ3v) is 8.35. The molecule has 2 aliphatic rings. The van der Waals surface area contributed by atoms with Crippen LogP contribution in [0.4, 0.5) is 19.3 Å². The molecule has 2 aromatic carbocycles. The van der Waals surface area contributed by atoms with Gasteiger partial charge in [-0.3, -0.25) is 0 Å². The van der Waals surface area contributed by atoms with Gasteiger partial charge < -0.3 is 19.7 Å². The van der Waals surface area contributed by atoms with Gasteiger partial charge in [-0.1, -0.05) is 23.7 Å². The smallest absolute Gasteiger partial charge is 0.310 e. The Bertz CT molecular complexity index is 1480. The van der Waals surface area contributed by atoms with Gasteiger partial charge >= 0.3 is 6.03 Å². The molecule has 2 aromatic heterocycles. The summed E-state index contributed by atoms with van der Waals surface area (Å²) in [5.74, 6) is -1.52. The van der Waals surface area contributed by atoms with E-state index in [-0.39, 0.29) is 5.69 Å². The molecule has 0 spiro atoms. The Balaban J connectivity index is 1.50. The predicted molar refractivity (Wildman–Crippen MR) is 138 cm³/mol. The number of nitrogens with zero attached hydrogens (tertiary/aromatic N) is 3. The Morgan fingerprint density at radius 1 is 1.08 bits per heavy atom. The van der Waals surface area contributed by atoms with Gasteiger partial charge in [0, 0.05) is 40.8 Å². The molecule has 0 fully saturated rings. The molecule has 1 N–H and O–H groups in total. The van der Waals surface area contributed by atoms with Gasteiger partial charge in [0.2, 0.25) is 0 Å². The van der Waals surface area contributed by atoms with Crippen molar-refractivity contribution < 1.29 is 13.6 Å². The van der Waals surface area contributed by atoms with Crippen molar-refractivity contribution in [2.45, 2.75) is 25.6 Å². The molecule has 4 aromatic rings. The fraction of sp³-hybridized carbons (Fsp3) is 0.222. The van der Waals surface area contributed by atoms with Gasteiger partial charge in [0.05, 0.1) is 24.0 Å². The topological polar surface area (TPSA) is 40.5 Å². The lowest BCUT2D eigenvalue weighted by atomic mass is 10.0. The van der Waals surface area contributed by atoms with Gasteiger partial charge in [-0.05, 0) is 61.0 Å². The van der Waals surface area contributed by atoms with E-state index in [1.807, 2.05) is 36.5 Å². The van der Waals surface area contributed by atoms with Crippen LogP contribution in [-0.4, -0.2) is 34.0 Å². The zero-order chi connectivity index (χ0) is 25.0. The van der Waals surface area contributed by atoms with Crippen LogP contribution in [0.2, 0.25) is 5.02 Å². The summed E-state index contributed by atoms with van der Waals surface area (Å²) in [5.41, 5.74) is 4.09. The van der Waals surface area contributed by atoms with Gasteiger partial charge in [0.1, 0.15) is 16.6 Å². The van der Waals surface area contributed by atoms with E-state index in [2.05, 4.69) is 21.8 Å². The lowest BCUT2D eigenvalue weighted by Crippen LogP contribution is -2.38. The van der Waals surface area contributed by atoms with Crippen molar-refractivity contribution in [3.63, 3.8) is 0 Å². The Morgan fingerprint density at radius 3 is 2.75 bits per heavy atom. The number of carbonyl (C=O) groups excluding carboxylic acids is 1. The fourth-order valence-corrected chi connectivity index (χ4v) is 6.80. The number of hydrogen-bond donors (Lipinski definition) is 1. The lowest BCUT2D eigenvalue weighted by molar-refractivity contribution is 0.194. The summed E-state index contributed by atoms with van der Waals surface area (Å²) in [6, 6.07) is 13.6. The third-order valence-electron chi connectivity index (χ3n) is 6.85. The molecule has 6 rings (SSSR count). The summed E-state index contributed by atoms with van der Waals surface area (Å²) in [6.07, 6.45) is 2.93.